The number of likely N-dealkylation sites (N-methyl/N-ethyl adjacent to an activating group) is 1. The van der Waals surface area contributed by atoms with E-state index in [4.69, 9.17) is 5.11 Å². The van der Waals surface area contributed by atoms with Gasteiger partial charge in [0.25, 0.3) is 0 Å². The van der Waals surface area contributed by atoms with Crippen molar-refractivity contribution in [2.75, 3.05) is 25.0 Å². The van der Waals surface area contributed by atoms with Crippen LogP contribution in [0.1, 0.15) is 23.7 Å². The largest absolute Gasteiger partial charge is 0.478 e. The number of carboxylic acids is 1. The average molecular weight is 250 g/mol. The molecule has 2 N–H and O–H groups in total. The van der Waals surface area contributed by atoms with E-state index in [2.05, 4.69) is 5.32 Å². The second kappa shape index (κ2) is 6.76. The Morgan fingerprint density at radius 2 is 1.89 bits per heavy atom. The Labute approximate surface area is 106 Å². The molecule has 1 aromatic carbocycles. The maximum atomic E-state index is 11.8. The Bertz CT molecular complexity index is 415. The molecule has 1 aromatic rings. The molecular formula is C13H18N2O3. The van der Waals surface area contributed by atoms with E-state index in [1.54, 1.807) is 19.2 Å². The van der Waals surface area contributed by atoms with Gasteiger partial charge in [-0.05, 0) is 37.2 Å². The predicted molar refractivity (Wildman–Crippen MR) is 70.0 cm³/mol. The second-order valence-electron chi connectivity index (χ2n) is 3.98. The fraction of sp³-hybridized carbons (Fsp3) is 0.385. The third-order valence-electron chi connectivity index (χ3n) is 2.58. The van der Waals surface area contributed by atoms with E-state index >= 15 is 0 Å². The van der Waals surface area contributed by atoms with Crippen LogP contribution in [0.15, 0.2) is 24.3 Å². The van der Waals surface area contributed by atoms with Gasteiger partial charge in [-0.1, -0.05) is 6.92 Å². The highest BCUT2D eigenvalue weighted by molar-refractivity contribution is 5.95. The molecule has 0 radical (unpaired) electrons. The zero-order chi connectivity index (χ0) is 13.5. The van der Waals surface area contributed by atoms with Crippen LogP contribution in [0.4, 0.5) is 5.69 Å². The first-order valence-electron chi connectivity index (χ1n) is 5.87. The third-order valence-corrected chi connectivity index (χ3v) is 2.58. The fourth-order valence-electron chi connectivity index (χ4n) is 1.46. The maximum absolute atomic E-state index is 11.8. The number of carbonyl (C=O) groups excluding carboxylic acids is 1. The van der Waals surface area contributed by atoms with E-state index in [9.17, 15) is 9.59 Å². The molecule has 1 amide bonds. The van der Waals surface area contributed by atoms with E-state index < -0.39 is 5.97 Å². The summed E-state index contributed by atoms with van der Waals surface area (Å²) in [5.74, 6) is -1.02. The van der Waals surface area contributed by atoms with Crippen molar-refractivity contribution in [3.8, 4) is 0 Å². The van der Waals surface area contributed by atoms with Gasteiger partial charge in [0.1, 0.15) is 0 Å². The van der Waals surface area contributed by atoms with Crippen molar-refractivity contribution in [3.63, 3.8) is 0 Å². The van der Waals surface area contributed by atoms with Crippen molar-refractivity contribution in [1.29, 1.82) is 0 Å². The van der Waals surface area contributed by atoms with Crippen LogP contribution in [0.5, 0.6) is 0 Å². The highest BCUT2D eigenvalue weighted by Gasteiger charge is 2.10. The fourth-order valence-corrected chi connectivity index (χ4v) is 1.46. The number of rotatable bonds is 6. The highest BCUT2D eigenvalue weighted by Crippen LogP contribution is 2.13. The number of hydrogen-bond donors (Lipinski definition) is 2. The molecule has 0 aliphatic rings. The van der Waals surface area contributed by atoms with E-state index in [1.807, 2.05) is 6.92 Å². The summed E-state index contributed by atoms with van der Waals surface area (Å²) < 4.78 is 0. The van der Waals surface area contributed by atoms with Gasteiger partial charge >= 0.3 is 5.97 Å². The Hall–Kier alpha value is -1.88. The Balaban J connectivity index is 2.63. The number of amides is 1. The molecule has 0 aromatic heterocycles. The van der Waals surface area contributed by atoms with Crippen molar-refractivity contribution in [2.45, 2.75) is 13.3 Å². The monoisotopic (exact) mass is 250 g/mol. The minimum Gasteiger partial charge on any atom is -0.478 e. The van der Waals surface area contributed by atoms with Crippen molar-refractivity contribution in [1.82, 2.24) is 5.32 Å². The topological polar surface area (TPSA) is 69.6 Å². The minimum atomic E-state index is -0.972. The summed E-state index contributed by atoms with van der Waals surface area (Å²) in [5, 5.41) is 11.8. The lowest BCUT2D eigenvalue weighted by atomic mass is 10.2. The Kier molecular flexibility index (Phi) is 5.32. The number of hydrogen-bond acceptors (Lipinski definition) is 3. The molecule has 98 valence electrons. The maximum Gasteiger partial charge on any atom is 0.335 e. The number of carbonyl (C=O) groups is 2. The molecule has 5 heteroatoms. The summed E-state index contributed by atoms with van der Waals surface area (Å²) in [6, 6.07) is 6.23. The van der Waals surface area contributed by atoms with Gasteiger partial charge in [0.2, 0.25) is 5.91 Å². The van der Waals surface area contributed by atoms with Crippen molar-refractivity contribution >= 4 is 17.6 Å². The van der Waals surface area contributed by atoms with E-state index in [1.165, 1.54) is 17.0 Å². The number of anilines is 1. The van der Waals surface area contributed by atoms with Crippen LogP contribution < -0.4 is 10.2 Å². The predicted octanol–water partition coefficient (Wildman–Crippen LogP) is 1.35. The van der Waals surface area contributed by atoms with E-state index in [0.29, 0.717) is 5.69 Å². The molecule has 0 spiro atoms. The van der Waals surface area contributed by atoms with Gasteiger partial charge in [-0.3, -0.25) is 4.79 Å². The lowest BCUT2D eigenvalue weighted by molar-refractivity contribution is -0.117. The van der Waals surface area contributed by atoms with Crippen LogP contribution >= 0.6 is 0 Å². The number of nitrogens with zero attached hydrogens (tertiary/aromatic N) is 1. The number of carboxylic acid groups (broad SMARTS) is 1. The lowest BCUT2D eigenvalue weighted by Crippen LogP contribution is -2.35. The molecule has 1 rings (SSSR count). The molecule has 0 unspecified atom stereocenters. The van der Waals surface area contributed by atoms with Crippen LogP contribution in [-0.4, -0.2) is 37.1 Å². The van der Waals surface area contributed by atoms with Gasteiger partial charge in [0, 0.05) is 12.7 Å². The number of aromatic carboxylic acids is 1. The molecule has 0 bridgehead atoms. The Morgan fingerprint density at radius 1 is 1.28 bits per heavy atom. The lowest BCUT2D eigenvalue weighted by Gasteiger charge is -2.17. The zero-order valence-corrected chi connectivity index (χ0v) is 10.6. The summed E-state index contributed by atoms with van der Waals surface area (Å²) in [6.07, 6.45) is 0.976. The number of nitrogens with one attached hydrogen (secondary N) is 1. The molecular weight excluding hydrogens is 232 g/mol. The van der Waals surface area contributed by atoms with Crippen LogP contribution in [-0.2, 0) is 4.79 Å². The van der Waals surface area contributed by atoms with Crippen molar-refractivity contribution < 1.29 is 14.7 Å². The molecule has 0 atom stereocenters. The number of benzene rings is 1. The average Bonchev–Trinajstić information content (AvgIpc) is 2.38. The van der Waals surface area contributed by atoms with Crippen molar-refractivity contribution in [3.05, 3.63) is 29.8 Å². The minimum absolute atomic E-state index is 0.0495. The third kappa shape index (κ3) is 3.85. The molecule has 5 nitrogen and oxygen atoms in total. The molecule has 0 saturated carbocycles. The van der Waals surface area contributed by atoms with Crippen LogP contribution in [0.2, 0.25) is 0 Å². The summed E-state index contributed by atoms with van der Waals surface area (Å²) in [7, 11) is 1.67. The molecule has 0 aliphatic carbocycles. The summed E-state index contributed by atoms with van der Waals surface area (Å²) in [5.41, 5.74) is 0.895. The first kappa shape index (κ1) is 14.2. The van der Waals surface area contributed by atoms with Gasteiger partial charge in [0.05, 0.1) is 12.1 Å². The van der Waals surface area contributed by atoms with E-state index in [0.717, 1.165) is 13.0 Å². The zero-order valence-electron chi connectivity index (χ0n) is 10.6. The first-order chi connectivity index (χ1) is 8.56. The normalized spacial score (nSPS) is 10.1. The molecule has 0 fully saturated rings. The van der Waals surface area contributed by atoms with Crippen LogP contribution in [0, 0.1) is 0 Å². The summed E-state index contributed by atoms with van der Waals surface area (Å²) >= 11 is 0. The first-order valence-corrected chi connectivity index (χ1v) is 5.87. The Morgan fingerprint density at radius 3 is 2.39 bits per heavy atom. The van der Waals surface area contributed by atoms with Crippen molar-refractivity contribution in [2.24, 2.45) is 0 Å². The SMILES string of the molecule is CCCNCC(=O)N(C)c1ccc(C(=O)O)cc1. The van der Waals surface area contributed by atoms with Gasteiger partial charge in [-0.15, -0.1) is 0 Å². The van der Waals surface area contributed by atoms with Gasteiger partial charge in [-0.2, -0.15) is 0 Å². The van der Waals surface area contributed by atoms with Gasteiger partial charge in [0.15, 0.2) is 0 Å². The molecule has 18 heavy (non-hydrogen) atoms. The van der Waals surface area contributed by atoms with E-state index in [-0.39, 0.29) is 18.0 Å². The standard InChI is InChI=1S/C13H18N2O3/c1-3-8-14-9-12(16)15(2)11-6-4-10(5-7-11)13(17)18/h4-7,14H,3,8-9H2,1-2H3,(H,17,18). The van der Waals surface area contributed by atoms with Gasteiger partial charge in [-0.25, -0.2) is 4.79 Å². The molecule has 0 aliphatic heterocycles. The quantitative estimate of drug-likeness (QED) is 0.748. The smallest absolute Gasteiger partial charge is 0.335 e. The summed E-state index contributed by atoms with van der Waals surface area (Å²) in [6.45, 7) is 3.12. The highest BCUT2D eigenvalue weighted by atomic mass is 16.4. The molecule has 0 heterocycles. The van der Waals surface area contributed by atoms with Gasteiger partial charge < -0.3 is 15.3 Å². The second-order valence-corrected chi connectivity index (χ2v) is 3.98. The summed E-state index contributed by atoms with van der Waals surface area (Å²) in [4.78, 5) is 24.0. The molecule has 0 saturated heterocycles. The van der Waals surface area contributed by atoms with Crippen LogP contribution in [0.25, 0.3) is 0 Å². The van der Waals surface area contributed by atoms with Crippen LogP contribution in [0.3, 0.4) is 0 Å².